The molecule has 0 saturated heterocycles. The Balaban J connectivity index is 1.86. The Morgan fingerprint density at radius 2 is 2.00 bits per heavy atom. The number of hydrogen-bond acceptors (Lipinski definition) is 3. The highest BCUT2D eigenvalue weighted by atomic mass is 16.5. The smallest absolute Gasteiger partial charge is 0.315 e. The van der Waals surface area contributed by atoms with Crippen molar-refractivity contribution in [1.82, 2.24) is 0 Å². The summed E-state index contributed by atoms with van der Waals surface area (Å²) in [5, 5.41) is 9.01. The van der Waals surface area contributed by atoms with E-state index < -0.39 is 5.97 Å². The molecule has 0 saturated carbocycles. The number of cyclic esters (lactones) is 1. The molecule has 0 fully saturated rings. The molecule has 0 radical (unpaired) electrons. The molecular weight excluding hydrogens is 280 g/mol. The van der Waals surface area contributed by atoms with Crippen LogP contribution in [-0.2, 0) is 20.7 Å². The summed E-state index contributed by atoms with van der Waals surface area (Å²) in [4.78, 5) is 23.1. The number of carboxylic acids is 1. The second-order valence-electron chi connectivity index (χ2n) is 5.48. The van der Waals surface area contributed by atoms with Crippen LogP contribution in [0.25, 0.3) is 0 Å². The van der Waals surface area contributed by atoms with Crippen molar-refractivity contribution in [2.45, 2.75) is 12.8 Å². The summed E-state index contributed by atoms with van der Waals surface area (Å²) in [6.45, 7) is 0. The van der Waals surface area contributed by atoms with Gasteiger partial charge in [0, 0.05) is 5.92 Å². The fraction of sp³-hybridized carbons (Fsp3) is 0.222. The van der Waals surface area contributed by atoms with Crippen LogP contribution < -0.4 is 0 Å². The summed E-state index contributed by atoms with van der Waals surface area (Å²) >= 11 is 0. The van der Waals surface area contributed by atoms with E-state index in [2.05, 4.69) is 0 Å². The number of esters is 1. The summed E-state index contributed by atoms with van der Waals surface area (Å²) in [6.07, 6.45) is 7.47. The maximum Gasteiger partial charge on any atom is 0.315 e. The SMILES string of the molecule is O=C(O)CC1=CC=CC2C1=COC(=O)C2Cc1ccccc1. The second-order valence-corrected chi connectivity index (χ2v) is 5.48. The van der Waals surface area contributed by atoms with Gasteiger partial charge in [0.1, 0.15) is 0 Å². The minimum Gasteiger partial charge on any atom is -0.481 e. The van der Waals surface area contributed by atoms with Gasteiger partial charge in [0.2, 0.25) is 0 Å². The number of fused-ring (bicyclic) bond motifs is 1. The second kappa shape index (κ2) is 6.02. The number of aliphatic carboxylic acids is 1. The van der Waals surface area contributed by atoms with Crippen LogP contribution in [0.3, 0.4) is 0 Å². The van der Waals surface area contributed by atoms with Crippen molar-refractivity contribution < 1.29 is 19.4 Å². The van der Waals surface area contributed by atoms with E-state index in [0.717, 1.165) is 11.1 Å². The van der Waals surface area contributed by atoms with Crippen LogP contribution in [0.1, 0.15) is 12.0 Å². The monoisotopic (exact) mass is 296 g/mol. The summed E-state index contributed by atoms with van der Waals surface area (Å²) in [5.74, 6) is -1.60. The Kier molecular flexibility index (Phi) is 3.92. The summed E-state index contributed by atoms with van der Waals surface area (Å²) in [5.41, 5.74) is 2.56. The molecule has 1 aliphatic heterocycles. The molecule has 1 aliphatic carbocycles. The fourth-order valence-corrected chi connectivity index (χ4v) is 2.97. The Hall–Kier alpha value is -2.62. The lowest BCUT2D eigenvalue weighted by molar-refractivity contribution is -0.145. The Bertz CT molecular complexity index is 682. The van der Waals surface area contributed by atoms with Crippen molar-refractivity contribution in [1.29, 1.82) is 0 Å². The molecule has 4 nitrogen and oxygen atoms in total. The number of carbonyl (C=O) groups is 2. The van der Waals surface area contributed by atoms with E-state index in [0.29, 0.717) is 12.0 Å². The third-order valence-electron chi connectivity index (χ3n) is 4.02. The number of ether oxygens (including phenoxy) is 1. The predicted molar refractivity (Wildman–Crippen MR) is 80.8 cm³/mol. The predicted octanol–water partition coefficient (Wildman–Crippen LogP) is 2.87. The minimum absolute atomic E-state index is 0.0672. The van der Waals surface area contributed by atoms with Gasteiger partial charge in [0.25, 0.3) is 0 Å². The first kappa shape index (κ1) is 14.3. The van der Waals surface area contributed by atoms with Crippen LogP contribution in [0.15, 0.2) is 66.0 Å². The van der Waals surface area contributed by atoms with Gasteiger partial charge in [-0.15, -0.1) is 0 Å². The zero-order chi connectivity index (χ0) is 15.5. The van der Waals surface area contributed by atoms with Crippen LogP contribution >= 0.6 is 0 Å². The van der Waals surface area contributed by atoms with Gasteiger partial charge in [-0.2, -0.15) is 0 Å². The topological polar surface area (TPSA) is 63.6 Å². The van der Waals surface area contributed by atoms with Gasteiger partial charge in [0.05, 0.1) is 18.6 Å². The number of hydrogen-bond donors (Lipinski definition) is 1. The Morgan fingerprint density at radius 3 is 2.73 bits per heavy atom. The molecule has 0 spiro atoms. The van der Waals surface area contributed by atoms with Crippen LogP contribution in [-0.4, -0.2) is 17.0 Å². The van der Waals surface area contributed by atoms with E-state index in [4.69, 9.17) is 9.84 Å². The number of carbonyl (C=O) groups excluding carboxylic acids is 1. The standard InChI is InChI=1S/C18H16O4/c19-17(20)10-13-7-4-8-14-15(18(21)22-11-16(13)14)9-12-5-2-1-3-6-12/h1-8,11,14-15H,9-10H2,(H,19,20). The molecule has 2 unspecified atom stereocenters. The van der Waals surface area contributed by atoms with Gasteiger partial charge in [-0.05, 0) is 23.1 Å². The Labute approximate surface area is 128 Å². The third kappa shape index (κ3) is 2.86. The van der Waals surface area contributed by atoms with Gasteiger partial charge in [0.15, 0.2) is 0 Å². The molecule has 1 heterocycles. The molecule has 0 amide bonds. The van der Waals surface area contributed by atoms with Crippen molar-refractivity contribution in [3.8, 4) is 0 Å². The zero-order valence-corrected chi connectivity index (χ0v) is 11.9. The zero-order valence-electron chi connectivity index (χ0n) is 11.9. The molecule has 0 bridgehead atoms. The first-order chi connectivity index (χ1) is 10.6. The molecule has 1 N–H and O–H groups in total. The molecule has 3 rings (SSSR count). The van der Waals surface area contributed by atoms with Gasteiger partial charge in [-0.25, -0.2) is 0 Å². The highest BCUT2D eigenvalue weighted by Crippen LogP contribution is 2.38. The molecule has 112 valence electrons. The van der Waals surface area contributed by atoms with Crippen molar-refractivity contribution >= 4 is 11.9 Å². The van der Waals surface area contributed by atoms with E-state index in [1.54, 1.807) is 6.08 Å². The highest BCUT2D eigenvalue weighted by molar-refractivity contribution is 5.78. The van der Waals surface area contributed by atoms with Crippen LogP contribution in [0.5, 0.6) is 0 Å². The van der Waals surface area contributed by atoms with Crippen molar-refractivity contribution in [3.63, 3.8) is 0 Å². The van der Waals surface area contributed by atoms with E-state index in [9.17, 15) is 9.59 Å². The first-order valence-corrected chi connectivity index (χ1v) is 7.19. The van der Waals surface area contributed by atoms with Crippen LogP contribution in [0.4, 0.5) is 0 Å². The number of benzene rings is 1. The third-order valence-corrected chi connectivity index (χ3v) is 4.02. The van der Waals surface area contributed by atoms with Crippen molar-refractivity contribution in [2.24, 2.45) is 11.8 Å². The quantitative estimate of drug-likeness (QED) is 0.868. The molecular formula is C18H16O4. The van der Waals surface area contributed by atoms with Gasteiger partial charge in [-0.1, -0.05) is 48.6 Å². The summed E-state index contributed by atoms with van der Waals surface area (Å²) < 4.78 is 5.18. The van der Waals surface area contributed by atoms with Gasteiger partial charge < -0.3 is 9.84 Å². The largest absolute Gasteiger partial charge is 0.481 e. The van der Waals surface area contributed by atoms with E-state index in [1.807, 2.05) is 42.5 Å². The summed E-state index contributed by atoms with van der Waals surface area (Å²) in [6, 6.07) is 9.76. The fourth-order valence-electron chi connectivity index (χ4n) is 2.97. The minimum atomic E-state index is -0.891. The maximum absolute atomic E-state index is 12.1. The Morgan fingerprint density at radius 1 is 1.23 bits per heavy atom. The number of allylic oxidation sites excluding steroid dienone is 4. The maximum atomic E-state index is 12.1. The first-order valence-electron chi connectivity index (χ1n) is 7.19. The molecule has 2 aliphatic rings. The van der Waals surface area contributed by atoms with E-state index >= 15 is 0 Å². The molecule has 2 atom stereocenters. The van der Waals surface area contributed by atoms with Crippen LogP contribution in [0.2, 0.25) is 0 Å². The average molecular weight is 296 g/mol. The molecule has 4 heteroatoms. The van der Waals surface area contributed by atoms with E-state index in [-0.39, 0.29) is 24.2 Å². The average Bonchev–Trinajstić information content (AvgIpc) is 2.51. The van der Waals surface area contributed by atoms with Crippen molar-refractivity contribution in [2.75, 3.05) is 0 Å². The van der Waals surface area contributed by atoms with Gasteiger partial charge in [-0.3, -0.25) is 9.59 Å². The van der Waals surface area contributed by atoms with E-state index in [1.165, 1.54) is 6.26 Å². The normalized spacial score (nSPS) is 23.2. The van der Waals surface area contributed by atoms with Crippen molar-refractivity contribution in [3.05, 3.63) is 71.5 Å². The lowest BCUT2D eigenvalue weighted by Crippen LogP contribution is -2.32. The summed E-state index contributed by atoms with van der Waals surface area (Å²) in [7, 11) is 0. The van der Waals surface area contributed by atoms with Crippen LogP contribution in [0, 0.1) is 11.8 Å². The highest BCUT2D eigenvalue weighted by Gasteiger charge is 2.36. The molecule has 1 aromatic rings. The number of carboxylic acid groups (broad SMARTS) is 1. The lowest BCUT2D eigenvalue weighted by atomic mass is 9.75. The molecule has 1 aromatic carbocycles. The molecule has 0 aromatic heterocycles. The number of rotatable bonds is 4. The lowest BCUT2D eigenvalue weighted by Gasteiger charge is -2.31. The molecule has 22 heavy (non-hydrogen) atoms. The van der Waals surface area contributed by atoms with Gasteiger partial charge >= 0.3 is 11.9 Å².